The number of halogens is 2. The van der Waals surface area contributed by atoms with Crippen LogP contribution in [0.2, 0.25) is 0 Å². The van der Waals surface area contributed by atoms with Gasteiger partial charge < -0.3 is 4.74 Å². The summed E-state index contributed by atoms with van der Waals surface area (Å²) in [6.45, 7) is -0.188. The van der Waals surface area contributed by atoms with Crippen LogP contribution in [0, 0.1) is 0 Å². The van der Waals surface area contributed by atoms with Gasteiger partial charge in [-0.15, -0.1) is 0 Å². The van der Waals surface area contributed by atoms with Gasteiger partial charge in [0.15, 0.2) is 6.61 Å². The van der Waals surface area contributed by atoms with Gasteiger partial charge in [-0.1, -0.05) is 18.2 Å². The van der Waals surface area contributed by atoms with Crippen LogP contribution in [0.25, 0.3) is 0 Å². The molecule has 1 rings (SSSR count). The van der Waals surface area contributed by atoms with Crippen molar-refractivity contribution in [3.05, 3.63) is 35.9 Å². The van der Waals surface area contributed by atoms with E-state index in [1.54, 1.807) is 18.2 Å². The molecule has 0 saturated carbocycles. The largest absolute Gasteiger partial charge is 0.456 e. The fourth-order valence-electron chi connectivity index (χ4n) is 0.850. The predicted octanol–water partition coefficient (Wildman–Crippen LogP) is 2.50. The number of benzene rings is 1. The molecule has 1 aromatic carbocycles. The van der Waals surface area contributed by atoms with E-state index in [1.165, 1.54) is 12.1 Å². The maximum absolute atomic E-state index is 12.3. The monoisotopic (exact) mass is 200 g/mol. The molecule has 76 valence electrons. The van der Waals surface area contributed by atoms with Gasteiger partial charge in [0.05, 0.1) is 5.56 Å². The van der Waals surface area contributed by atoms with Gasteiger partial charge in [-0.25, -0.2) is 13.6 Å². The third kappa shape index (κ3) is 3.51. The Morgan fingerprint density at radius 3 is 2.43 bits per heavy atom. The predicted molar refractivity (Wildman–Crippen MR) is 47.3 cm³/mol. The molecule has 1 aromatic rings. The fraction of sp³-hybridized carbons (Fsp3) is 0.300. The highest BCUT2D eigenvalue weighted by atomic mass is 19.3. The second kappa shape index (κ2) is 4.17. The first-order valence-corrected chi connectivity index (χ1v) is 4.09. The number of carbonyl (C=O) groups excluding carboxylic acids is 1. The standard InChI is InChI=1S/C10H10F2O2/c1-10(11,12)7-14-9(13)8-5-3-2-4-6-8/h2-6H,7H2,1H3. The number of hydrogen-bond donors (Lipinski definition) is 0. The summed E-state index contributed by atoms with van der Waals surface area (Å²) < 4.78 is 29.0. The van der Waals surface area contributed by atoms with E-state index in [4.69, 9.17) is 0 Å². The number of ether oxygens (including phenoxy) is 1. The van der Waals surface area contributed by atoms with Crippen LogP contribution in [0.5, 0.6) is 0 Å². The van der Waals surface area contributed by atoms with E-state index in [2.05, 4.69) is 4.74 Å². The molecule has 0 bridgehead atoms. The first kappa shape index (κ1) is 10.6. The molecule has 0 aliphatic heterocycles. The fourth-order valence-corrected chi connectivity index (χ4v) is 0.850. The van der Waals surface area contributed by atoms with Crippen LogP contribution < -0.4 is 0 Å². The summed E-state index contributed by atoms with van der Waals surface area (Å²) in [4.78, 5) is 11.1. The lowest BCUT2D eigenvalue weighted by atomic mass is 10.2. The van der Waals surface area contributed by atoms with Crippen LogP contribution in [0.4, 0.5) is 8.78 Å². The molecule has 2 nitrogen and oxygen atoms in total. The Morgan fingerprint density at radius 2 is 1.93 bits per heavy atom. The van der Waals surface area contributed by atoms with Crippen molar-refractivity contribution in [3.8, 4) is 0 Å². The van der Waals surface area contributed by atoms with Crippen molar-refractivity contribution >= 4 is 5.97 Å². The Hall–Kier alpha value is -1.45. The number of alkyl halides is 2. The first-order valence-electron chi connectivity index (χ1n) is 4.09. The zero-order valence-corrected chi connectivity index (χ0v) is 7.67. The van der Waals surface area contributed by atoms with Crippen molar-refractivity contribution in [2.45, 2.75) is 12.8 Å². The summed E-state index contributed by atoms with van der Waals surface area (Å²) in [5.41, 5.74) is 0.275. The third-order valence-corrected chi connectivity index (χ3v) is 1.47. The minimum Gasteiger partial charge on any atom is -0.456 e. The normalized spacial score (nSPS) is 11.1. The molecule has 4 heteroatoms. The Labute approximate surface area is 80.5 Å². The highest BCUT2D eigenvalue weighted by molar-refractivity contribution is 5.89. The highest BCUT2D eigenvalue weighted by Gasteiger charge is 2.23. The minimum absolute atomic E-state index is 0.275. The van der Waals surface area contributed by atoms with Crippen LogP contribution in [0.15, 0.2) is 30.3 Å². The summed E-state index contributed by atoms with van der Waals surface area (Å²) in [6, 6.07) is 8.03. The van der Waals surface area contributed by atoms with Crippen LogP contribution >= 0.6 is 0 Å². The minimum atomic E-state index is -2.98. The average Bonchev–Trinajstić information content (AvgIpc) is 2.14. The SMILES string of the molecule is CC(F)(F)COC(=O)c1ccccc1. The van der Waals surface area contributed by atoms with E-state index in [1.807, 2.05) is 0 Å². The van der Waals surface area contributed by atoms with E-state index < -0.39 is 18.5 Å². The number of carbonyl (C=O) groups is 1. The second-order valence-electron chi connectivity index (χ2n) is 3.01. The third-order valence-electron chi connectivity index (χ3n) is 1.47. The Kier molecular flexibility index (Phi) is 3.17. The van der Waals surface area contributed by atoms with E-state index in [0.29, 0.717) is 6.92 Å². The molecule has 0 radical (unpaired) electrons. The highest BCUT2D eigenvalue weighted by Crippen LogP contribution is 2.12. The maximum Gasteiger partial charge on any atom is 0.338 e. The van der Waals surface area contributed by atoms with Crippen molar-refractivity contribution in [2.75, 3.05) is 6.61 Å². The summed E-state index contributed by atoms with van der Waals surface area (Å²) in [5, 5.41) is 0. The van der Waals surface area contributed by atoms with Gasteiger partial charge >= 0.3 is 5.97 Å². The first-order chi connectivity index (χ1) is 6.49. The number of rotatable bonds is 3. The molecule has 0 atom stereocenters. The summed E-state index contributed by atoms with van der Waals surface area (Å²) in [6.07, 6.45) is 0. The molecular formula is C10H10F2O2. The van der Waals surface area contributed by atoms with Crippen molar-refractivity contribution in [1.29, 1.82) is 0 Å². The average molecular weight is 200 g/mol. The second-order valence-corrected chi connectivity index (χ2v) is 3.01. The lowest BCUT2D eigenvalue weighted by molar-refractivity contribution is -0.0466. The molecule has 0 saturated heterocycles. The number of hydrogen-bond acceptors (Lipinski definition) is 2. The summed E-state index contributed by atoms with van der Waals surface area (Å²) >= 11 is 0. The molecule has 0 aromatic heterocycles. The van der Waals surface area contributed by atoms with Gasteiger partial charge in [-0.3, -0.25) is 0 Å². The molecule has 0 amide bonds. The molecular weight excluding hydrogens is 190 g/mol. The Morgan fingerprint density at radius 1 is 1.36 bits per heavy atom. The number of esters is 1. The van der Waals surface area contributed by atoms with Gasteiger partial charge in [-0.05, 0) is 12.1 Å². The van der Waals surface area contributed by atoms with E-state index in [0.717, 1.165) is 0 Å². The zero-order valence-electron chi connectivity index (χ0n) is 7.67. The van der Waals surface area contributed by atoms with Crippen molar-refractivity contribution in [1.82, 2.24) is 0 Å². The molecule has 14 heavy (non-hydrogen) atoms. The van der Waals surface area contributed by atoms with E-state index in [9.17, 15) is 13.6 Å². The van der Waals surface area contributed by atoms with Crippen molar-refractivity contribution in [2.24, 2.45) is 0 Å². The summed E-state index contributed by atoms with van der Waals surface area (Å²) in [7, 11) is 0. The van der Waals surface area contributed by atoms with Gasteiger partial charge in [0.2, 0.25) is 0 Å². The maximum atomic E-state index is 12.3. The van der Waals surface area contributed by atoms with Gasteiger partial charge in [0.25, 0.3) is 5.92 Å². The lowest BCUT2D eigenvalue weighted by Gasteiger charge is -2.10. The van der Waals surface area contributed by atoms with Crippen LogP contribution in [0.3, 0.4) is 0 Å². The molecule has 0 spiro atoms. The van der Waals surface area contributed by atoms with Crippen LogP contribution in [0.1, 0.15) is 17.3 Å². The van der Waals surface area contributed by atoms with Crippen LogP contribution in [-0.2, 0) is 4.74 Å². The molecule has 0 fully saturated rings. The van der Waals surface area contributed by atoms with Crippen molar-refractivity contribution in [3.63, 3.8) is 0 Å². The van der Waals surface area contributed by atoms with Crippen LogP contribution in [-0.4, -0.2) is 18.5 Å². The zero-order chi connectivity index (χ0) is 10.6. The van der Waals surface area contributed by atoms with Crippen molar-refractivity contribution < 1.29 is 18.3 Å². The molecule has 0 N–H and O–H groups in total. The Bertz CT molecular complexity index is 304. The molecule has 0 heterocycles. The van der Waals surface area contributed by atoms with Gasteiger partial charge in [-0.2, -0.15) is 0 Å². The van der Waals surface area contributed by atoms with Gasteiger partial charge in [0.1, 0.15) is 0 Å². The molecule has 0 unspecified atom stereocenters. The molecule has 0 aliphatic carbocycles. The topological polar surface area (TPSA) is 26.3 Å². The van der Waals surface area contributed by atoms with E-state index >= 15 is 0 Å². The van der Waals surface area contributed by atoms with E-state index in [-0.39, 0.29) is 5.56 Å². The quantitative estimate of drug-likeness (QED) is 0.700. The smallest absolute Gasteiger partial charge is 0.338 e. The Balaban J connectivity index is 2.52. The summed E-state index contributed by atoms with van der Waals surface area (Å²) in [5.74, 6) is -3.71. The lowest BCUT2D eigenvalue weighted by Crippen LogP contribution is -2.21. The van der Waals surface area contributed by atoms with Gasteiger partial charge in [0, 0.05) is 6.92 Å². The molecule has 0 aliphatic rings.